The molecule has 1 fully saturated rings. The van der Waals surface area contributed by atoms with Crippen molar-refractivity contribution in [3.63, 3.8) is 0 Å². The second-order valence-electron chi connectivity index (χ2n) is 6.21. The van der Waals surface area contributed by atoms with E-state index in [2.05, 4.69) is 20.0 Å². The maximum Gasteiger partial charge on any atom is 0.262 e. The Kier molecular flexibility index (Phi) is 3.87. The third-order valence-corrected chi connectivity index (χ3v) is 4.49. The van der Waals surface area contributed by atoms with Gasteiger partial charge in [0.15, 0.2) is 5.65 Å². The van der Waals surface area contributed by atoms with E-state index < -0.39 is 0 Å². The molecule has 0 aliphatic carbocycles. The van der Waals surface area contributed by atoms with Crippen LogP contribution >= 0.6 is 0 Å². The molecule has 7 heteroatoms. The fourth-order valence-corrected chi connectivity index (χ4v) is 3.21. The van der Waals surface area contributed by atoms with Crippen LogP contribution in [0.3, 0.4) is 0 Å². The Morgan fingerprint density at radius 2 is 2.12 bits per heavy atom. The van der Waals surface area contributed by atoms with Crippen LogP contribution in [0, 0.1) is 5.92 Å². The molecule has 0 radical (unpaired) electrons. The highest BCUT2D eigenvalue weighted by Crippen LogP contribution is 2.18. The largest absolute Gasteiger partial charge is 0.396 e. The van der Waals surface area contributed by atoms with Gasteiger partial charge in [0.25, 0.3) is 5.56 Å². The number of rotatable bonds is 4. The van der Waals surface area contributed by atoms with Crippen LogP contribution in [0.4, 0.5) is 0 Å². The van der Waals surface area contributed by atoms with Gasteiger partial charge in [-0.2, -0.15) is 5.10 Å². The molecule has 0 bridgehead atoms. The molecule has 2 N–H and O–H groups in total. The summed E-state index contributed by atoms with van der Waals surface area (Å²) >= 11 is 0. The Morgan fingerprint density at radius 1 is 1.29 bits per heavy atom. The van der Waals surface area contributed by atoms with Gasteiger partial charge in [-0.15, -0.1) is 0 Å². The van der Waals surface area contributed by atoms with E-state index in [9.17, 15) is 9.90 Å². The van der Waals surface area contributed by atoms with Crippen molar-refractivity contribution >= 4 is 11.0 Å². The van der Waals surface area contributed by atoms with E-state index >= 15 is 0 Å². The van der Waals surface area contributed by atoms with Crippen LogP contribution in [0.2, 0.25) is 0 Å². The van der Waals surface area contributed by atoms with Crippen molar-refractivity contribution in [2.24, 2.45) is 5.92 Å². The molecule has 1 unspecified atom stereocenters. The Hall–Kier alpha value is -2.51. The maximum absolute atomic E-state index is 12.3. The number of nitrogens with one attached hydrogen (secondary N) is 1. The minimum absolute atomic E-state index is 0.171. The fourth-order valence-electron chi connectivity index (χ4n) is 3.21. The van der Waals surface area contributed by atoms with Gasteiger partial charge in [0.05, 0.1) is 18.4 Å². The number of aliphatic hydroxyl groups is 1. The number of nitrogens with zero attached hydrogens (tertiary/aromatic N) is 4. The number of aliphatic hydroxyl groups excluding tert-OH is 1. The summed E-state index contributed by atoms with van der Waals surface area (Å²) in [6.07, 6.45) is 2.53. The van der Waals surface area contributed by atoms with Crippen LogP contribution in [-0.2, 0) is 6.54 Å². The van der Waals surface area contributed by atoms with Gasteiger partial charge in [-0.05, 0) is 31.0 Å². The molecule has 3 heterocycles. The highest BCUT2D eigenvalue weighted by Gasteiger charge is 2.22. The van der Waals surface area contributed by atoms with Crippen molar-refractivity contribution in [3.05, 3.63) is 52.7 Å². The number of hydrogen-bond acceptors (Lipinski definition) is 5. The molecule has 0 amide bonds. The van der Waals surface area contributed by atoms with Crippen molar-refractivity contribution in [1.82, 2.24) is 24.6 Å². The van der Waals surface area contributed by atoms with E-state index in [1.54, 1.807) is 10.9 Å². The summed E-state index contributed by atoms with van der Waals surface area (Å²) in [5.74, 6) is 0.944. The van der Waals surface area contributed by atoms with Gasteiger partial charge in [-0.3, -0.25) is 9.69 Å². The molecule has 1 aliphatic rings. The van der Waals surface area contributed by atoms with Crippen molar-refractivity contribution < 1.29 is 5.11 Å². The lowest BCUT2D eigenvalue weighted by atomic mass is 10.1. The molecule has 0 saturated carbocycles. The van der Waals surface area contributed by atoms with Gasteiger partial charge in [0.2, 0.25) is 0 Å². The number of H-pyrrole nitrogens is 1. The molecule has 7 nitrogen and oxygen atoms in total. The number of likely N-dealkylation sites (tertiary alicyclic amines) is 1. The zero-order valence-electron chi connectivity index (χ0n) is 13.2. The number of hydrogen-bond donors (Lipinski definition) is 2. The van der Waals surface area contributed by atoms with E-state index in [-0.39, 0.29) is 12.2 Å². The van der Waals surface area contributed by atoms with E-state index in [1.807, 2.05) is 30.3 Å². The fraction of sp³-hybridized carbons (Fsp3) is 0.353. The van der Waals surface area contributed by atoms with Crippen LogP contribution in [0.25, 0.3) is 16.7 Å². The highest BCUT2D eigenvalue weighted by atomic mass is 16.3. The minimum Gasteiger partial charge on any atom is -0.396 e. The van der Waals surface area contributed by atoms with E-state index in [4.69, 9.17) is 0 Å². The smallest absolute Gasteiger partial charge is 0.262 e. The van der Waals surface area contributed by atoms with E-state index in [0.717, 1.165) is 25.2 Å². The van der Waals surface area contributed by atoms with Crippen LogP contribution in [0.5, 0.6) is 0 Å². The van der Waals surface area contributed by atoms with Crippen molar-refractivity contribution in [1.29, 1.82) is 0 Å². The van der Waals surface area contributed by atoms with Crippen LogP contribution in [-0.4, -0.2) is 49.5 Å². The van der Waals surface area contributed by atoms with Crippen molar-refractivity contribution in [2.75, 3.05) is 19.7 Å². The Labute approximate surface area is 138 Å². The van der Waals surface area contributed by atoms with Crippen molar-refractivity contribution in [2.45, 2.75) is 13.0 Å². The summed E-state index contributed by atoms with van der Waals surface area (Å²) in [5.41, 5.74) is 1.27. The highest BCUT2D eigenvalue weighted by molar-refractivity contribution is 5.75. The first-order valence-corrected chi connectivity index (χ1v) is 8.10. The summed E-state index contributed by atoms with van der Waals surface area (Å²) in [6, 6.07) is 9.65. The molecular weight excluding hydrogens is 306 g/mol. The molecule has 24 heavy (non-hydrogen) atoms. The summed E-state index contributed by atoms with van der Waals surface area (Å²) in [6.45, 7) is 2.52. The lowest BCUT2D eigenvalue weighted by Gasteiger charge is -2.14. The minimum atomic E-state index is -0.171. The Balaban J connectivity index is 1.69. The van der Waals surface area contributed by atoms with Crippen molar-refractivity contribution in [3.8, 4) is 5.69 Å². The lowest BCUT2D eigenvalue weighted by molar-refractivity contribution is 0.219. The van der Waals surface area contributed by atoms with Crippen LogP contribution < -0.4 is 5.56 Å². The number of para-hydroxylation sites is 1. The molecule has 0 spiro atoms. The summed E-state index contributed by atoms with van der Waals surface area (Å²) in [4.78, 5) is 22.0. The van der Waals surface area contributed by atoms with Gasteiger partial charge >= 0.3 is 0 Å². The Bertz CT molecular complexity index is 902. The molecule has 1 aliphatic heterocycles. The van der Waals surface area contributed by atoms with Crippen LogP contribution in [0.1, 0.15) is 12.2 Å². The van der Waals surface area contributed by atoms with Gasteiger partial charge in [-0.25, -0.2) is 9.67 Å². The summed E-state index contributed by atoms with van der Waals surface area (Å²) in [5, 5.41) is 14.1. The molecule has 1 atom stereocenters. The quantitative estimate of drug-likeness (QED) is 0.745. The van der Waals surface area contributed by atoms with Crippen LogP contribution in [0.15, 0.2) is 41.3 Å². The second kappa shape index (κ2) is 6.18. The third kappa shape index (κ3) is 2.72. The topological polar surface area (TPSA) is 87.0 Å². The molecule has 124 valence electrons. The number of fused-ring (bicyclic) bond motifs is 1. The Morgan fingerprint density at radius 3 is 2.88 bits per heavy atom. The predicted molar refractivity (Wildman–Crippen MR) is 90.0 cm³/mol. The predicted octanol–water partition coefficient (Wildman–Crippen LogP) is 0.923. The number of benzene rings is 1. The first-order valence-electron chi connectivity index (χ1n) is 8.10. The van der Waals surface area contributed by atoms with Gasteiger partial charge in [-0.1, -0.05) is 18.2 Å². The maximum atomic E-state index is 12.3. The van der Waals surface area contributed by atoms with Gasteiger partial charge in [0, 0.05) is 13.2 Å². The summed E-state index contributed by atoms with van der Waals surface area (Å²) < 4.78 is 1.69. The molecule has 2 aromatic heterocycles. The standard InChI is InChI=1S/C17H19N5O2/c23-11-12-6-7-21(9-12)10-15-19-16-14(17(24)20-15)8-18-22(16)13-4-2-1-3-5-13/h1-5,8,12,23H,6-7,9-11H2,(H,19,20,24). The number of aromatic nitrogens is 4. The molecule has 1 saturated heterocycles. The van der Waals surface area contributed by atoms with Gasteiger partial charge in [0.1, 0.15) is 11.2 Å². The zero-order chi connectivity index (χ0) is 16.5. The van der Waals surface area contributed by atoms with E-state index in [1.165, 1.54) is 0 Å². The summed E-state index contributed by atoms with van der Waals surface area (Å²) in [7, 11) is 0. The first-order chi connectivity index (χ1) is 11.7. The molecule has 1 aromatic carbocycles. The molecule has 3 aromatic rings. The number of aromatic amines is 1. The normalized spacial score (nSPS) is 18.5. The average Bonchev–Trinajstić information content (AvgIpc) is 3.22. The monoisotopic (exact) mass is 325 g/mol. The first kappa shape index (κ1) is 15.0. The second-order valence-corrected chi connectivity index (χ2v) is 6.21. The SMILES string of the molecule is O=c1[nH]c(CN2CCC(CO)C2)nc2c1cnn2-c1ccccc1. The van der Waals surface area contributed by atoms with E-state index in [0.29, 0.717) is 29.3 Å². The molecular formula is C17H19N5O2. The zero-order valence-corrected chi connectivity index (χ0v) is 13.2. The average molecular weight is 325 g/mol. The third-order valence-electron chi connectivity index (χ3n) is 4.49. The van der Waals surface area contributed by atoms with Gasteiger partial charge < -0.3 is 10.1 Å². The molecule has 4 rings (SSSR count). The lowest BCUT2D eigenvalue weighted by Crippen LogP contribution is -2.24.